The first-order valence-electron chi connectivity index (χ1n) is 7.90. The Morgan fingerprint density at radius 3 is 2.56 bits per heavy atom. The van der Waals surface area contributed by atoms with E-state index in [1.165, 1.54) is 0 Å². The number of phenolic OH excluding ortho intramolecular Hbond substituents is 1. The molecule has 0 radical (unpaired) electrons. The maximum atomic E-state index is 12.0. The second-order valence-corrected chi connectivity index (χ2v) is 5.42. The van der Waals surface area contributed by atoms with Gasteiger partial charge in [0.2, 0.25) is 5.91 Å². The molecular formula is C20H21NO4. The van der Waals surface area contributed by atoms with E-state index in [1.807, 2.05) is 12.1 Å². The Labute approximate surface area is 147 Å². The Kier molecular flexibility index (Phi) is 6.73. The van der Waals surface area contributed by atoms with Crippen molar-refractivity contribution in [2.45, 2.75) is 19.4 Å². The van der Waals surface area contributed by atoms with E-state index >= 15 is 0 Å². The zero-order chi connectivity index (χ0) is 18.1. The lowest BCUT2D eigenvalue weighted by Crippen LogP contribution is -2.22. The van der Waals surface area contributed by atoms with Crippen molar-refractivity contribution in [2.75, 3.05) is 13.7 Å². The fraction of sp³-hybridized carbons (Fsp3) is 0.250. The number of phenols is 1. The molecule has 0 bridgehead atoms. The summed E-state index contributed by atoms with van der Waals surface area (Å²) in [6.45, 7) is 0.608. The first-order chi connectivity index (χ1) is 12.1. The number of hydrogen-bond acceptors (Lipinski definition) is 4. The number of rotatable bonds is 8. The number of aryl methyl sites for hydroxylation is 1. The highest BCUT2D eigenvalue weighted by molar-refractivity contribution is 5.76. The average molecular weight is 339 g/mol. The molecule has 0 unspecified atom stereocenters. The number of amides is 1. The van der Waals surface area contributed by atoms with Crippen LogP contribution in [0.2, 0.25) is 0 Å². The molecule has 2 aromatic rings. The molecule has 5 heteroatoms. The fourth-order valence-corrected chi connectivity index (χ4v) is 2.27. The lowest BCUT2D eigenvalue weighted by atomic mass is 10.1. The lowest BCUT2D eigenvalue weighted by Gasteiger charge is -2.11. The van der Waals surface area contributed by atoms with E-state index in [0.717, 1.165) is 11.1 Å². The third-order valence-electron chi connectivity index (χ3n) is 3.61. The number of hydrogen-bond donors (Lipinski definition) is 2. The van der Waals surface area contributed by atoms with Crippen LogP contribution < -0.4 is 14.8 Å². The zero-order valence-corrected chi connectivity index (χ0v) is 14.1. The number of nitrogens with one attached hydrogen (secondary N) is 1. The van der Waals surface area contributed by atoms with Crippen LogP contribution in [0.25, 0.3) is 0 Å². The quantitative estimate of drug-likeness (QED) is 0.726. The predicted molar refractivity (Wildman–Crippen MR) is 95.6 cm³/mol. The molecule has 2 rings (SSSR count). The van der Waals surface area contributed by atoms with Crippen LogP contribution in [-0.2, 0) is 17.8 Å². The van der Waals surface area contributed by atoms with Crippen molar-refractivity contribution in [3.63, 3.8) is 0 Å². The van der Waals surface area contributed by atoms with E-state index in [4.69, 9.17) is 15.9 Å². The summed E-state index contributed by atoms with van der Waals surface area (Å²) in [5.74, 6) is 3.75. The largest absolute Gasteiger partial charge is 0.508 e. The SMILES string of the molecule is C#CCOc1ccc(CCC(=O)NCc2ccc(O)cc2)cc1OC. The minimum Gasteiger partial charge on any atom is -0.508 e. The molecule has 0 aromatic heterocycles. The molecule has 0 aliphatic carbocycles. The fourth-order valence-electron chi connectivity index (χ4n) is 2.27. The van der Waals surface area contributed by atoms with Gasteiger partial charge in [-0.3, -0.25) is 4.79 Å². The summed E-state index contributed by atoms with van der Waals surface area (Å²) in [7, 11) is 1.56. The van der Waals surface area contributed by atoms with Crippen molar-refractivity contribution in [1.29, 1.82) is 0 Å². The van der Waals surface area contributed by atoms with Crippen LogP contribution in [0.3, 0.4) is 0 Å². The van der Waals surface area contributed by atoms with Crippen molar-refractivity contribution in [3.05, 3.63) is 53.6 Å². The molecule has 0 heterocycles. The van der Waals surface area contributed by atoms with Gasteiger partial charge in [-0.25, -0.2) is 0 Å². The maximum absolute atomic E-state index is 12.0. The molecular weight excluding hydrogens is 318 g/mol. The predicted octanol–water partition coefficient (Wildman–Crippen LogP) is 2.66. The lowest BCUT2D eigenvalue weighted by molar-refractivity contribution is -0.121. The molecule has 25 heavy (non-hydrogen) atoms. The minimum atomic E-state index is -0.0419. The molecule has 0 atom stereocenters. The average Bonchev–Trinajstić information content (AvgIpc) is 2.64. The molecule has 2 aromatic carbocycles. The van der Waals surface area contributed by atoms with E-state index < -0.39 is 0 Å². The van der Waals surface area contributed by atoms with Gasteiger partial charge in [-0.2, -0.15) is 0 Å². The van der Waals surface area contributed by atoms with Crippen molar-refractivity contribution in [3.8, 4) is 29.6 Å². The van der Waals surface area contributed by atoms with Crippen LogP contribution in [0.1, 0.15) is 17.5 Å². The molecule has 2 N–H and O–H groups in total. The van der Waals surface area contributed by atoms with E-state index in [2.05, 4.69) is 11.2 Å². The molecule has 1 amide bonds. The summed E-state index contributed by atoms with van der Waals surface area (Å²) in [5, 5.41) is 12.1. The Balaban J connectivity index is 1.84. The van der Waals surface area contributed by atoms with Crippen molar-refractivity contribution in [2.24, 2.45) is 0 Å². The number of terminal acetylenes is 1. The standard InChI is InChI=1S/C20H21NO4/c1-3-12-25-18-10-6-15(13-19(18)24-2)7-11-20(23)21-14-16-4-8-17(22)9-5-16/h1,4-6,8-10,13,22H,7,11-12,14H2,2H3,(H,21,23). The van der Waals surface area contributed by atoms with Gasteiger partial charge in [-0.15, -0.1) is 6.42 Å². The smallest absolute Gasteiger partial charge is 0.220 e. The first kappa shape index (κ1) is 18.2. The number of carbonyl (C=O) groups is 1. The first-order valence-corrected chi connectivity index (χ1v) is 7.90. The molecule has 0 saturated heterocycles. The van der Waals surface area contributed by atoms with E-state index in [1.54, 1.807) is 37.4 Å². The van der Waals surface area contributed by atoms with Gasteiger partial charge in [-0.05, 0) is 41.8 Å². The van der Waals surface area contributed by atoms with Gasteiger partial charge in [0.25, 0.3) is 0 Å². The van der Waals surface area contributed by atoms with E-state index in [-0.39, 0.29) is 18.3 Å². The van der Waals surface area contributed by atoms with Gasteiger partial charge in [-0.1, -0.05) is 24.1 Å². The molecule has 0 aliphatic rings. The van der Waals surface area contributed by atoms with Gasteiger partial charge < -0.3 is 19.9 Å². The van der Waals surface area contributed by atoms with Gasteiger partial charge in [0.15, 0.2) is 11.5 Å². The van der Waals surface area contributed by atoms with Gasteiger partial charge in [0, 0.05) is 13.0 Å². The summed E-state index contributed by atoms with van der Waals surface area (Å²) in [6.07, 6.45) is 6.14. The Bertz CT molecular complexity index is 747. The molecule has 0 spiro atoms. The molecule has 5 nitrogen and oxygen atoms in total. The number of ether oxygens (including phenoxy) is 2. The van der Waals surface area contributed by atoms with Gasteiger partial charge in [0.1, 0.15) is 12.4 Å². The van der Waals surface area contributed by atoms with Gasteiger partial charge >= 0.3 is 0 Å². The Morgan fingerprint density at radius 2 is 1.88 bits per heavy atom. The van der Waals surface area contributed by atoms with Crippen molar-refractivity contribution >= 4 is 5.91 Å². The van der Waals surface area contributed by atoms with Crippen LogP contribution in [0.5, 0.6) is 17.2 Å². The Morgan fingerprint density at radius 1 is 1.16 bits per heavy atom. The highest BCUT2D eigenvalue weighted by atomic mass is 16.5. The Hall–Kier alpha value is -3.13. The highest BCUT2D eigenvalue weighted by Crippen LogP contribution is 2.28. The summed E-state index contributed by atoms with van der Waals surface area (Å²) < 4.78 is 10.7. The second kappa shape index (κ2) is 9.24. The van der Waals surface area contributed by atoms with E-state index in [9.17, 15) is 9.90 Å². The molecule has 0 aliphatic heterocycles. The molecule has 130 valence electrons. The van der Waals surface area contributed by atoms with Crippen LogP contribution in [0.15, 0.2) is 42.5 Å². The summed E-state index contributed by atoms with van der Waals surface area (Å²) in [5.41, 5.74) is 1.91. The maximum Gasteiger partial charge on any atom is 0.220 e. The summed E-state index contributed by atoms with van der Waals surface area (Å²) >= 11 is 0. The van der Waals surface area contributed by atoms with E-state index in [0.29, 0.717) is 30.9 Å². The second-order valence-electron chi connectivity index (χ2n) is 5.42. The number of carbonyl (C=O) groups excluding carboxylic acids is 1. The zero-order valence-electron chi connectivity index (χ0n) is 14.1. The van der Waals surface area contributed by atoms with Gasteiger partial charge in [0.05, 0.1) is 7.11 Å². The van der Waals surface area contributed by atoms with Crippen LogP contribution in [-0.4, -0.2) is 24.7 Å². The van der Waals surface area contributed by atoms with Crippen LogP contribution >= 0.6 is 0 Å². The third kappa shape index (κ3) is 5.78. The third-order valence-corrected chi connectivity index (χ3v) is 3.61. The topological polar surface area (TPSA) is 67.8 Å². The number of aromatic hydroxyl groups is 1. The van der Waals surface area contributed by atoms with Crippen molar-refractivity contribution in [1.82, 2.24) is 5.32 Å². The monoisotopic (exact) mass is 339 g/mol. The highest BCUT2D eigenvalue weighted by Gasteiger charge is 2.08. The van der Waals surface area contributed by atoms with Crippen LogP contribution in [0, 0.1) is 12.3 Å². The summed E-state index contributed by atoms with van der Waals surface area (Å²) in [6, 6.07) is 12.3. The molecule has 0 fully saturated rings. The minimum absolute atomic E-state index is 0.0419. The number of methoxy groups -OCH3 is 1. The normalized spacial score (nSPS) is 9.92. The summed E-state index contributed by atoms with van der Waals surface area (Å²) in [4.78, 5) is 12.0. The van der Waals surface area contributed by atoms with Crippen molar-refractivity contribution < 1.29 is 19.4 Å². The molecule has 0 saturated carbocycles. The van der Waals surface area contributed by atoms with Crippen LogP contribution in [0.4, 0.5) is 0 Å². The number of benzene rings is 2.